The van der Waals surface area contributed by atoms with E-state index in [1.807, 2.05) is 25.8 Å². The average molecular weight is 480 g/mol. The Morgan fingerprint density at radius 3 is 2.38 bits per heavy atom. The fraction of sp³-hybridized carbons (Fsp3) is 0.652. The number of piperidine rings is 1. The van der Waals surface area contributed by atoms with Crippen LogP contribution in [0, 0.1) is 5.92 Å². The van der Waals surface area contributed by atoms with E-state index in [-0.39, 0.29) is 27.6 Å². The van der Waals surface area contributed by atoms with Crippen LogP contribution in [0.1, 0.15) is 64.8 Å². The van der Waals surface area contributed by atoms with Crippen LogP contribution in [0.5, 0.6) is 0 Å². The zero-order valence-electron chi connectivity index (χ0n) is 19.1. The van der Waals surface area contributed by atoms with Crippen LogP contribution in [-0.4, -0.2) is 54.3 Å². The number of nitrogens with zero attached hydrogens (tertiary/aromatic N) is 3. The van der Waals surface area contributed by atoms with Gasteiger partial charge >= 0.3 is 4.87 Å². The van der Waals surface area contributed by atoms with Gasteiger partial charge in [0.25, 0.3) is 0 Å². The molecule has 176 valence electrons. The molecule has 0 N–H and O–H groups in total. The number of sulfonamides is 1. The highest BCUT2D eigenvalue weighted by atomic mass is 32.2. The van der Waals surface area contributed by atoms with Gasteiger partial charge in [0.05, 0.1) is 15.1 Å². The zero-order chi connectivity index (χ0) is 23.0. The van der Waals surface area contributed by atoms with Crippen molar-refractivity contribution in [2.75, 3.05) is 20.1 Å². The molecule has 2 aliphatic rings. The molecule has 0 radical (unpaired) electrons. The van der Waals surface area contributed by atoms with Gasteiger partial charge in [0, 0.05) is 38.1 Å². The first kappa shape index (κ1) is 23.4. The molecule has 2 fully saturated rings. The summed E-state index contributed by atoms with van der Waals surface area (Å²) in [7, 11) is -1.76. The Balaban J connectivity index is 1.46. The van der Waals surface area contributed by atoms with Gasteiger partial charge in [0.15, 0.2) is 0 Å². The van der Waals surface area contributed by atoms with E-state index in [2.05, 4.69) is 0 Å². The first-order valence-electron chi connectivity index (χ1n) is 11.6. The molecule has 1 aromatic carbocycles. The van der Waals surface area contributed by atoms with Crippen LogP contribution in [0.25, 0.3) is 10.2 Å². The average Bonchev–Trinajstić information content (AvgIpc) is 3.13. The number of amides is 1. The standard InChI is InChI=1S/C23H33N3O4S2/c1-16(2)26-20-10-9-19(15-21(20)31-23(26)28)32(29,30)25-13-11-17(12-14-25)22(27)24(3)18-7-5-4-6-8-18/h9-10,15-18H,4-8,11-14H2,1-3H3. The Kier molecular flexibility index (Phi) is 6.79. The minimum atomic E-state index is -3.66. The van der Waals surface area contributed by atoms with Crippen molar-refractivity contribution in [3.63, 3.8) is 0 Å². The van der Waals surface area contributed by atoms with Crippen molar-refractivity contribution >= 4 is 37.5 Å². The molecule has 4 rings (SSSR count). The fourth-order valence-corrected chi connectivity index (χ4v) is 7.72. The number of hydrogen-bond acceptors (Lipinski definition) is 5. The number of thiazole rings is 1. The number of hydrogen-bond donors (Lipinski definition) is 0. The second-order valence-corrected chi connectivity index (χ2v) is 12.3. The molecule has 0 atom stereocenters. The lowest BCUT2D eigenvalue weighted by atomic mass is 9.91. The second kappa shape index (κ2) is 9.27. The Hall–Kier alpha value is -1.71. The predicted octanol–water partition coefficient (Wildman–Crippen LogP) is 3.84. The van der Waals surface area contributed by atoms with Crippen molar-refractivity contribution in [3.8, 4) is 0 Å². The normalized spacial score (nSPS) is 19.6. The van der Waals surface area contributed by atoms with Gasteiger partial charge in [-0.05, 0) is 57.7 Å². The molecule has 0 bridgehead atoms. The molecular weight excluding hydrogens is 446 g/mol. The molecule has 9 heteroatoms. The zero-order valence-corrected chi connectivity index (χ0v) is 20.8. The number of carbonyl (C=O) groups excluding carboxylic acids is 1. The molecule has 1 aromatic heterocycles. The number of aromatic nitrogens is 1. The van der Waals surface area contributed by atoms with Crippen molar-refractivity contribution in [1.29, 1.82) is 0 Å². The van der Waals surface area contributed by atoms with E-state index in [0.717, 1.165) is 29.7 Å². The molecule has 7 nitrogen and oxygen atoms in total. The Bertz CT molecular complexity index is 1140. The summed E-state index contributed by atoms with van der Waals surface area (Å²) in [5.74, 6) is 0.0522. The topological polar surface area (TPSA) is 79.7 Å². The lowest BCUT2D eigenvalue weighted by Crippen LogP contribution is -2.46. The lowest BCUT2D eigenvalue weighted by Gasteiger charge is -2.36. The summed E-state index contributed by atoms with van der Waals surface area (Å²) in [6.45, 7) is 4.57. The van der Waals surface area contributed by atoms with Gasteiger partial charge in [-0.15, -0.1) is 0 Å². The number of benzene rings is 1. The fourth-order valence-electron chi connectivity index (χ4n) is 5.09. The minimum absolute atomic E-state index is 0.0158. The van der Waals surface area contributed by atoms with E-state index >= 15 is 0 Å². The van der Waals surface area contributed by atoms with Crippen LogP contribution in [0.2, 0.25) is 0 Å². The summed E-state index contributed by atoms with van der Waals surface area (Å²) in [5.41, 5.74) is 0.768. The van der Waals surface area contributed by atoms with Crippen LogP contribution in [0.15, 0.2) is 27.9 Å². The largest absolute Gasteiger partial charge is 0.343 e. The maximum absolute atomic E-state index is 13.3. The molecule has 32 heavy (non-hydrogen) atoms. The number of rotatable bonds is 5. The number of fused-ring (bicyclic) bond motifs is 1. The molecule has 2 aromatic rings. The van der Waals surface area contributed by atoms with Crippen molar-refractivity contribution in [3.05, 3.63) is 27.9 Å². The van der Waals surface area contributed by atoms with Crippen LogP contribution >= 0.6 is 11.3 Å². The quantitative estimate of drug-likeness (QED) is 0.653. The van der Waals surface area contributed by atoms with Gasteiger partial charge < -0.3 is 4.90 Å². The summed E-state index contributed by atoms with van der Waals surface area (Å²) in [6, 6.07) is 5.29. The number of carbonyl (C=O) groups is 1. The third-order valence-corrected chi connectivity index (χ3v) is 9.83. The van der Waals surface area contributed by atoms with Crippen molar-refractivity contribution < 1.29 is 13.2 Å². The molecule has 2 heterocycles. The van der Waals surface area contributed by atoms with Gasteiger partial charge in [-0.1, -0.05) is 30.6 Å². The molecule has 1 saturated heterocycles. The third kappa shape index (κ3) is 4.39. The Morgan fingerprint density at radius 2 is 1.75 bits per heavy atom. The highest BCUT2D eigenvalue weighted by Gasteiger charge is 2.35. The molecule has 1 saturated carbocycles. The van der Waals surface area contributed by atoms with Crippen molar-refractivity contribution in [2.45, 2.75) is 75.8 Å². The van der Waals surface area contributed by atoms with E-state index in [1.165, 1.54) is 23.6 Å². The van der Waals surface area contributed by atoms with Crippen molar-refractivity contribution in [2.24, 2.45) is 5.92 Å². The van der Waals surface area contributed by atoms with Gasteiger partial charge in [-0.3, -0.25) is 14.2 Å². The summed E-state index contributed by atoms with van der Waals surface area (Å²) in [6.07, 6.45) is 6.85. The van der Waals surface area contributed by atoms with Gasteiger partial charge in [0.1, 0.15) is 0 Å². The van der Waals surface area contributed by atoms with Gasteiger partial charge in [0.2, 0.25) is 15.9 Å². The molecule has 1 aliphatic heterocycles. The molecular formula is C23H33N3O4S2. The first-order chi connectivity index (χ1) is 15.2. The molecule has 1 amide bonds. The highest BCUT2D eigenvalue weighted by molar-refractivity contribution is 7.89. The molecule has 1 aliphatic carbocycles. The van der Waals surface area contributed by atoms with Gasteiger partial charge in [-0.2, -0.15) is 4.31 Å². The van der Waals surface area contributed by atoms with Crippen LogP contribution in [0.4, 0.5) is 0 Å². The highest BCUT2D eigenvalue weighted by Crippen LogP contribution is 2.30. The van der Waals surface area contributed by atoms with Crippen LogP contribution in [0.3, 0.4) is 0 Å². The van der Waals surface area contributed by atoms with Crippen LogP contribution in [-0.2, 0) is 14.8 Å². The Labute approximate surface area is 194 Å². The van der Waals surface area contributed by atoms with E-state index in [4.69, 9.17) is 0 Å². The van der Waals surface area contributed by atoms with E-state index in [0.29, 0.717) is 36.7 Å². The van der Waals surface area contributed by atoms with E-state index < -0.39 is 10.0 Å². The molecule has 0 spiro atoms. The smallest absolute Gasteiger partial charge is 0.308 e. The SMILES string of the molecule is CC(C)n1c(=O)sc2cc(S(=O)(=O)N3CCC(C(=O)N(C)C4CCCCC4)CC3)ccc21. The predicted molar refractivity (Wildman–Crippen MR) is 128 cm³/mol. The first-order valence-corrected chi connectivity index (χ1v) is 13.9. The molecule has 0 unspecified atom stereocenters. The summed E-state index contributed by atoms with van der Waals surface area (Å²) in [4.78, 5) is 27.3. The Morgan fingerprint density at radius 1 is 1.09 bits per heavy atom. The maximum Gasteiger partial charge on any atom is 0.308 e. The third-order valence-electron chi connectivity index (χ3n) is 7.01. The second-order valence-electron chi connectivity index (χ2n) is 9.38. The minimum Gasteiger partial charge on any atom is -0.343 e. The van der Waals surface area contributed by atoms with Crippen molar-refractivity contribution in [1.82, 2.24) is 13.8 Å². The summed E-state index contributed by atoms with van der Waals surface area (Å²) in [5, 5.41) is 0. The van der Waals surface area contributed by atoms with E-state index in [1.54, 1.807) is 22.8 Å². The summed E-state index contributed by atoms with van der Waals surface area (Å²) < 4.78 is 30.4. The van der Waals surface area contributed by atoms with Crippen LogP contribution < -0.4 is 4.87 Å². The summed E-state index contributed by atoms with van der Waals surface area (Å²) >= 11 is 1.08. The van der Waals surface area contributed by atoms with Gasteiger partial charge in [-0.25, -0.2) is 8.42 Å². The monoisotopic (exact) mass is 479 g/mol. The lowest BCUT2D eigenvalue weighted by molar-refractivity contribution is -0.138. The van der Waals surface area contributed by atoms with E-state index in [9.17, 15) is 18.0 Å². The maximum atomic E-state index is 13.3.